The van der Waals surface area contributed by atoms with Crippen LogP contribution in [-0.2, 0) is 4.79 Å². The smallest absolute Gasteiger partial charge is 0.336 e. The van der Waals surface area contributed by atoms with Crippen molar-refractivity contribution in [1.82, 2.24) is 0 Å². The van der Waals surface area contributed by atoms with Gasteiger partial charge in [0.15, 0.2) is 5.43 Å². The second-order valence-corrected chi connectivity index (χ2v) is 7.75. The number of fused-ring (bicyclic) bond motifs is 2. The lowest BCUT2D eigenvalue weighted by Crippen LogP contribution is -2.03. The number of rotatable bonds is 3. The van der Waals surface area contributed by atoms with E-state index in [1.54, 1.807) is 37.3 Å². The van der Waals surface area contributed by atoms with Gasteiger partial charge in [0.25, 0.3) is 0 Å². The first-order chi connectivity index (χ1) is 14.7. The minimum Gasteiger partial charge on any atom is -0.478 e. The van der Waals surface area contributed by atoms with Crippen molar-refractivity contribution in [1.29, 1.82) is 0 Å². The van der Waals surface area contributed by atoms with Crippen LogP contribution in [0.1, 0.15) is 36.7 Å². The minimum absolute atomic E-state index is 0.152. The topological polar surface area (TPSA) is 84.6 Å². The Morgan fingerprint density at radius 3 is 2.26 bits per heavy atom. The van der Waals surface area contributed by atoms with Crippen molar-refractivity contribution in [2.24, 2.45) is 5.92 Å². The number of carboxylic acids is 1. The Kier molecular flexibility index (Phi) is 6.35. The van der Waals surface area contributed by atoms with Crippen LogP contribution in [-0.4, -0.2) is 16.9 Å². The third-order valence-electron chi connectivity index (χ3n) is 5.09. The number of hydrogen-bond acceptors (Lipinski definition) is 4. The van der Waals surface area contributed by atoms with E-state index in [2.05, 4.69) is 0 Å². The average Bonchev–Trinajstić information content (AvgIpc) is 2.72. The zero-order chi connectivity index (χ0) is 22.7. The maximum Gasteiger partial charge on any atom is 0.336 e. The lowest BCUT2D eigenvalue weighted by Gasteiger charge is -2.16. The molecule has 1 N–H and O–H groups in total. The lowest BCUT2D eigenvalue weighted by atomic mass is 9.90. The van der Waals surface area contributed by atoms with Gasteiger partial charge in [0.1, 0.15) is 17.1 Å². The second-order valence-electron chi connectivity index (χ2n) is 7.75. The fourth-order valence-electron chi connectivity index (χ4n) is 3.16. The van der Waals surface area contributed by atoms with Crippen LogP contribution in [0.4, 0.5) is 0 Å². The molecule has 0 unspecified atom stereocenters. The molecule has 0 radical (unpaired) electrons. The first-order valence-corrected chi connectivity index (χ1v) is 9.99. The van der Waals surface area contributed by atoms with Crippen molar-refractivity contribution in [2.45, 2.75) is 27.7 Å². The van der Waals surface area contributed by atoms with E-state index in [1.807, 2.05) is 39.0 Å². The molecule has 1 aliphatic heterocycles. The fraction of sp³-hybridized carbons (Fsp3) is 0.192. The molecule has 5 heteroatoms. The zero-order valence-electron chi connectivity index (χ0n) is 17.9. The molecule has 2 aromatic carbocycles. The number of hydrogen-bond donors (Lipinski definition) is 1. The molecule has 1 heterocycles. The van der Waals surface area contributed by atoms with Gasteiger partial charge in [0, 0.05) is 28.5 Å². The van der Waals surface area contributed by atoms with Crippen LogP contribution in [0.15, 0.2) is 69.9 Å². The highest BCUT2D eigenvalue weighted by Crippen LogP contribution is 2.41. The number of aromatic carboxylic acids is 1. The summed E-state index contributed by atoms with van der Waals surface area (Å²) in [6.07, 6.45) is 0. The molecule has 0 amide bonds. The third kappa shape index (κ3) is 4.72. The summed E-state index contributed by atoms with van der Waals surface area (Å²) in [5, 5.41) is 10.4. The number of carbonyl (C=O) groups is 2. The SMILES string of the molecule is CC(=O)C(C)C.Cc1ccc2c(-c3ccccc3C(=O)O)c3ccc(=O)cc-3oc2c1. The molecule has 0 saturated heterocycles. The summed E-state index contributed by atoms with van der Waals surface area (Å²) in [5.74, 6) is -0.0777. The normalized spacial score (nSPS) is 10.7. The number of aryl methyl sites for hydroxylation is 1. The van der Waals surface area contributed by atoms with Crippen molar-refractivity contribution in [3.8, 4) is 22.5 Å². The highest BCUT2D eigenvalue weighted by atomic mass is 16.4. The Labute approximate surface area is 180 Å². The van der Waals surface area contributed by atoms with Gasteiger partial charge in [-0.3, -0.25) is 9.59 Å². The minimum atomic E-state index is -0.995. The van der Waals surface area contributed by atoms with Crippen molar-refractivity contribution < 1.29 is 19.1 Å². The van der Waals surface area contributed by atoms with Crippen LogP contribution in [0.3, 0.4) is 0 Å². The van der Waals surface area contributed by atoms with E-state index in [9.17, 15) is 19.5 Å². The Morgan fingerprint density at radius 2 is 1.61 bits per heavy atom. The summed E-state index contributed by atoms with van der Waals surface area (Å²) in [6.45, 7) is 7.34. The van der Waals surface area contributed by atoms with Gasteiger partial charge in [-0.1, -0.05) is 44.2 Å². The molecule has 0 atom stereocenters. The van der Waals surface area contributed by atoms with Gasteiger partial charge < -0.3 is 9.52 Å². The average molecular weight is 416 g/mol. The van der Waals surface area contributed by atoms with Gasteiger partial charge in [-0.05, 0) is 49.2 Å². The summed E-state index contributed by atoms with van der Waals surface area (Å²) in [7, 11) is 0. The molecule has 4 rings (SSSR count). The molecule has 0 spiro atoms. The maximum absolute atomic E-state index is 11.8. The predicted molar refractivity (Wildman–Crippen MR) is 122 cm³/mol. The van der Waals surface area contributed by atoms with Crippen LogP contribution in [0, 0.1) is 12.8 Å². The van der Waals surface area contributed by atoms with Gasteiger partial charge >= 0.3 is 5.97 Å². The molecule has 2 aromatic rings. The molecular weight excluding hydrogens is 392 g/mol. The van der Waals surface area contributed by atoms with E-state index < -0.39 is 5.97 Å². The fourth-order valence-corrected chi connectivity index (χ4v) is 3.16. The molecule has 5 nitrogen and oxygen atoms in total. The van der Waals surface area contributed by atoms with Crippen LogP contribution in [0.2, 0.25) is 0 Å². The van der Waals surface area contributed by atoms with E-state index in [0.717, 1.165) is 16.5 Å². The van der Waals surface area contributed by atoms with E-state index in [1.165, 1.54) is 12.1 Å². The van der Waals surface area contributed by atoms with Crippen molar-refractivity contribution in [3.05, 3.63) is 82.0 Å². The van der Waals surface area contributed by atoms with Crippen LogP contribution in [0.5, 0.6) is 0 Å². The van der Waals surface area contributed by atoms with E-state index >= 15 is 0 Å². The largest absolute Gasteiger partial charge is 0.478 e. The van der Waals surface area contributed by atoms with Crippen LogP contribution >= 0.6 is 0 Å². The van der Waals surface area contributed by atoms with Crippen molar-refractivity contribution in [3.63, 3.8) is 0 Å². The Morgan fingerprint density at radius 1 is 0.935 bits per heavy atom. The summed E-state index contributed by atoms with van der Waals surface area (Å²) < 4.78 is 5.92. The van der Waals surface area contributed by atoms with Gasteiger partial charge in [0.05, 0.1) is 5.56 Å². The zero-order valence-corrected chi connectivity index (χ0v) is 17.9. The Hall–Kier alpha value is -3.73. The first kappa shape index (κ1) is 22.0. The second kappa shape index (κ2) is 8.96. The Balaban J connectivity index is 0.000000401. The van der Waals surface area contributed by atoms with Gasteiger partial charge in [-0.15, -0.1) is 0 Å². The number of carboxylic acid groups (broad SMARTS) is 1. The summed E-state index contributed by atoms with van der Waals surface area (Å²) in [4.78, 5) is 33.6. The van der Waals surface area contributed by atoms with E-state index in [0.29, 0.717) is 22.5 Å². The van der Waals surface area contributed by atoms with Crippen molar-refractivity contribution >= 4 is 22.7 Å². The molecule has 0 bridgehead atoms. The van der Waals surface area contributed by atoms with E-state index in [4.69, 9.17) is 4.42 Å². The summed E-state index contributed by atoms with van der Waals surface area (Å²) in [5.41, 5.74) is 3.77. The molecule has 31 heavy (non-hydrogen) atoms. The number of carbonyl (C=O) groups excluding carboxylic acids is 1. The summed E-state index contributed by atoms with van der Waals surface area (Å²) in [6, 6.07) is 17.2. The number of Topliss-reactive ketones (excluding diaryl/α,β-unsaturated/α-hetero) is 1. The maximum atomic E-state index is 11.8. The number of ketones is 1. The Bertz CT molecular complexity index is 1300. The highest BCUT2D eigenvalue weighted by molar-refractivity contribution is 6.07. The van der Waals surface area contributed by atoms with Gasteiger partial charge in [0.2, 0.25) is 0 Å². The lowest BCUT2D eigenvalue weighted by molar-refractivity contribution is -0.119. The van der Waals surface area contributed by atoms with Crippen molar-refractivity contribution in [2.75, 3.05) is 0 Å². The predicted octanol–water partition coefficient (Wildman–Crippen LogP) is 5.80. The van der Waals surface area contributed by atoms with Gasteiger partial charge in [-0.2, -0.15) is 0 Å². The van der Waals surface area contributed by atoms with Gasteiger partial charge in [-0.25, -0.2) is 4.79 Å². The monoisotopic (exact) mass is 416 g/mol. The molecular formula is C26H24O5. The molecule has 0 saturated carbocycles. The molecule has 0 aromatic heterocycles. The molecule has 0 fully saturated rings. The molecule has 2 aliphatic rings. The van der Waals surface area contributed by atoms with Crippen LogP contribution < -0.4 is 5.43 Å². The molecule has 158 valence electrons. The highest BCUT2D eigenvalue weighted by Gasteiger charge is 2.21. The van der Waals surface area contributed by atoms with E-state index in [-0.39, 0.29) is 22.7 Å². The third-order valence-corrected chi connectivity index (χ3v) is 5.09. The first-order valence-electron chi connectivity index (χ1n) is 9.99. The quantitative estimate of drug-likeness (QED) is 0.427. The molecule has 1 aliphatic carbocycles. The summed E-state index contributed by atoms with van der Waals surface area (Å²) >= 11 is 0. The van der Waals surface area contributed by atoms with Crippen LogP contribution in [0.25, 0.3) is 33.4 Å². The number of benzene rings is 3. The standard InChI is InChI=1S/C21H14O4.C5H10O/c1-12-6-8-16-18(10-12)25-19-11-13(22)7-9-17(19)20(16)14-4-2-3-5-15(14)21(23)24;1-4(2)5(3)6/h2-11H,1H3,(H,23,24);4H,1-3H3.